The van der Waals surface area contributed by atoms with Gasteiger partial charge in [0.25, 0.3) is 0 Å². The van der Waals surface area contributed by atoms with Crippen molar-refractivity contribution in [2.75, 3.05) is 17.2 Å². The van der Waals surface area contributed by atoms with E-state index in [0.29, 0.717) is 12.4 Å². The maximum Gasteiger partial charge on any atom is 0.376 e. The van der Waals surface area contributed by atoms with Crippen LogP contribution in [0.4, 0.5) is 11.5 Å². The van der Waals surface area contributed by atoms with Crippen molar-refractivity contribution >= 4 is 23.4 Å². The van der Waals surface area contributed by atoms with Gasteiger partial charge in [0.05, 0.1) is 6.61 Å². The summed E-state index contributed by atoms with van der Waals surface area (Å²) < 4.78 is 4.88. The molecule has 0 saturated heterocycles. The molecule has 1 aromatic heterocycles. The van der Waals surface area contributed by atoms with Gasteiger partial charge in [-0.1, -0.05) is 26.0 Å². The van der Waals surface area contributed by atoms with Crippen molar-refractivity contribution in [3.05, 3.63) is 47.9 Å². The summed E-state index contributed by atoms with van der Waals surface area (Å²) in [6, 6.07) is 9.20. The zero-order valence-corrected chi connectivity index (χ0v) is 14.6. The molecule has 0 fully saturated rings. The lowest BCUT2D eigenvalue weighted by molar-refractivity contribution is -0.118. The SMILES string of the molecule is CCOC(=O)c1nccc(NCc2ccc(NC(=O)C(C)C)cc2)n1. The van der Waals surface area contributed by atoms with E-state index in [2.05, 4.69) is 20.6 Å². The molecule has 1 heterocycles. The predicted octanol–water partition coefficient (Wildman–Crippen LogP) is 2.86. The van der Waals surface area contributed by atoms with Crippen molar-refractivity contribution in [3.63, 3.8) is 0 Å². The Labute approximate surface area is 146 Å². The molecule has 0 aliphatic carbocycles. The number of carbonyl (C=O) groups excluding carboxylic acids is 2. The molecule has 0 atom stereocenters. The minimum Gasteiger partial charge on any atom is -0.460 e. The molecule has 2 rings (SSSR count). The molecule has 0 spiro atoms. The molecule has 2 N–H and O–H groups in total. The average Bonchev–Trinajstić information content (AvgIpc) is 2.61. The van der Waals surface area contributed by atoms with Gasteiger partial charge in [-0.25, -0.2) is 14.8 Å². The van der Waals surface area contributed by atoms with Gasteiger partial charge in [-0.15, -0.1) is 0 Å². The van der Waals surface area contributed by atoms with E-state index in [-0.39, 0.29) is 24.3 Å². The molecule has 1 amide bonds. The van der Waals surface area contributed by atoms with Crippen LogP contribution in [-0.4, -0.2) is 28.5 Å². The van der Waals surface area contributed by atoms with E-state index in [4.69, 9.17) is 4.74 Å². The number of esters is 1. The zero-order chi connectivity index (χ0) is 18.2. The Morgan fingerprint density at radius 2 is 1.88 bits per heavy atom. The van der Waals surface area contributed by atoms with Crippen LogP contribution in [0.2, 0.25) is 0 Å². The first-order chi connectivity index (χ1) is 12.0. The van der Waals surface area contributed by atoms with Crippen molar-refractivity contribution in [3.8, 4) is 0 Å². The molecular formula is C18H22N4O3. The highest BCUT2D eigenvalue weighted by Gasteiger charge is 2.10. The Morgan fingerprint density at radius 3 is 2.52 bits per heavy atom. The van der Waals surface area contributed by atoms with Gasteiger partial charge >= 0.3 is 5.97 Å². The Hall–Kier alpha value is -2.96. The van der Waals surface area contributed by atoms with E-state index in [0.717, 1.165) is 11.3 Å². The first-order valence-corrected chi connectivity index (χ1v) is 8.13. The van der Waals surface area contributed by atoms with Crippen LogP contribution in [0.15, 0.2) is 36.5 Å². The van der Waals surface area contributed by atoms with E-state index in [1.54, 1.807) is 13.0 Å². The number of amides is 1. The molecule has 0 saturated carbocycles. The second-order valence-corrected chi connectivity index (χ2v) is 5.68. The maximum absolute atomic E-state index is 11.7. The molecule has 0 bridgehead atoms. The average molecular weight is 342 g/mol. The summed E-state index contributed by atoms with van der Waals surface area (Å²) in [7, 11) is 0. The minimum absolute atomic E-state index is 0.0154. The lowest BCUT2D eigenvalue weighted by atomic mass is 10.1. The van der Waals surface area contributed by atoms with Crippen LogP contribution in [0, 0.1) is 5.92 Å². The molecule has 0 aliphatic rings. The number of carbonyl (C=O) groups is 2. The second-order valence-electron chi connectivity index (χ2n) is 5.68. The van der Waals surface area contributed by atoms with E-state index in [1.807, 2.05) is 38.1 Å². The molecule has 7 nitrogen and oxygen atoms in total. The standard InChI is InChI=1S/C18H22N4O3/c1-4-25-18(24)16-19-10-9-15(22-16)20-11-13-5-7-14(8-6-13)21-17(23)12(2)3/h5-10,12H,4,11H2,1-3H3,(H,21,23)(H,19,20,22). The van der Waals surface area contributed by atoms with Gasteiger partial charge in [0.15, 0.2) is 0 Å². The van der Waals surface area contributed by atoms with Gasteiger partial charge in [0, 0.05) is 24.3 Å². The van der Waals surface area contributed by atoms with Crippen LogP contribution < -0.4 is 10.6 Å². The summed E-state index contributed by atoms with van der Waals surface area (Å²) in [6.07, 6.45) is 1.51. The van der Waals surface area contributed by atoms with Gasteiger partial charge in [-0.2, -0.15) is 0 Å². The number of anilines is 2. The Balaban J connectivity index is 1.94. The molecule has 25 heavy (non-hydrogen) atoms. The summed E-state index contributed by atoms with van der Waals surface area (Å²) in [5.41, 5.74) is 1.77. The number of nitrogens with zero attached hydrogens (tertiary/aromatic N) is 2. The maximum atomic E-state index is 11.7. The number of aromatic nitrogens is 2. The van der Waals surface area contributed by atoms with Crippen LogP contribution in [0.5, 0.6) is 0 Å². The molecule has 2 aromatic rings. The molecule has 0 radical (unpaired) electrons. The smallest absolute Gasteiger partial charge is 0.376 e. The van der Waals surface area contributed by atoms with Gasteiger partial charge in [-0.3, -0.25) is 4.79 Å². The predicted molar refractivity (Wildman–Crippen MR) is 95.2 cm³/mol. The molecule has 132 valence electrons. The molecule has 7 heteroatoms. The minimum atomic E-state index is -0.545. The van der Waals surface area contributed by atoms with Crippen LogP contribution in [-0.2, 0) is 16.1 Å². The first kappa shape index (κ1) is 18.4. The summed E-state index contributed by atoms with van der Waals surface area (Å²) >= 11 is 0. The molecule has 0 unspecified atom stereocenters. The highest BCUT2D eigenvalue weighted by atomic mass is 16.5. The lowest BCUT2D eigenvalue weighted by Gasteiger charge is -2.09. The van der Waals surface area contributed by atoms with E-state index >= 15 is 0 Å². The third-order valence-corrected chi connectivity index (χ3v) is 3.33. The monoisotopic (exact) mass is 342 g/mol. The van der Waals surface area contributed by atoms with Crippen LogP contribution >= 0.6 is 0 Å². The zero-order valence-electron chi connectivity index (χ0n) is 14.6. The summed E-state index contributed by atoms with van der Waals surface area (Å²) in [5, 5.41) is 5.97. The number of hydrogen-bond donors (Lipinski definition) is 2. The van der Waals surface area contributed by atoms with E-state index < -0.39 is 5.97 Å². The normalized spacial score (nSPS) is 10.4. The second kappa shape index (κ2) is 8.77. The van der Waals surface area contributed by atoms with Crippen molar-refractivity contribution < 1.29 is 14.3 Å². The van der Waals surface area contributed by atoms with Crippen LogP contribution in [0.25, 0.3) is 0 Å². The number of benzene rings is 1. The molecular weight excluding hydrogens is 320 g/mol. The third-order valence-electron chi connectivity index (χ3n) is 3.33. The largest absolute Gasteiger partial charge is 0.460 e. The number of rotatable bonds is 7. The fourth-order valence-electron chi connectivity index (χ4n) is 1.94. The summed E-state index contributed by atoms with van der Waals surface area (Å²) in [5.74, 6) is -0.0590. The Kier molecular flexibility index (Phi) is 6.45. The fraction of sp³-hybridized carbons (Fsp3) is 0.333. The van der Waals surface area contributed by atoms with Crippen LogP contribution in [0.1, 0.15) is 37.0 Å². The third kappa shape index (κ3) is 5.56. The fourth-order valence-corrected chi connectivity index (χ4v) is 1.94. The molecule has 0 aliphatic heterocycles. The van der Waals surface area contributed by atoms with Gasteiger partial charge in [-0.05, 0) is 30.7 Å². The summed E-state index contributed by atoms with van der Waals surface area (Å²) in [6.45, 7) is 6.23. The number of hydrogen-bond acceptors (Lipinski definition) is 6. The van der Waals surface area contributed by atoms with Crippen LogP contribution in [0.3, 0.4) is 0 Å². The topological polar surface area (TPSA) is 93.2 Å². The number of nitrogens with one attached hydrogen (secondary N) is 2. The Bertz CT molecular complexity index is 729. The van der Waals surface area contributed by atoms with Crippen molar-refractivity contribution in [1.82, 2.24) is 9.97 Å². The first-order valence-electron chi connectivity index (χ1n) is 8.13. The van der Waals surface area contributed by atoms with Crippen molar-refractivity contribution in [2.45, 2.75) is 27.3 Å². The summed E-state index contributed by atoms with van der Waals surface area (Å²) in [4.78, 5) is 31.3. The molecule has 1 aromatic carbocycles. The highest BCUT2D eigenvalue weighted by molar-refractivity contribution is 5.92. The number of ether oxygens (including phenoxy) is 1. The van der Waals surface area contributed by atoms with Crippen molar-refractivity contribution in [1.29, 1.82) is 0 Å². The van der Waals surface area contributed by atoms with Gasteiger partial charge in [0.2, 0.25) is 11.7 Å². The highest BCUT2D eigenvalue weighted by Crippen LogP contribution is 2.12. The van der Waals surface area contributed by atoms with E-state index in [9.17, 15) is 9.59 Å². The van der Waals surface area contributed by atoms with E-state index in [1.165, 1.54) is 6.20 Å². The quantitative estimate of drug-likeness (QED) is 0.752. The van der Waals surface area contributed by atoms with Crippen molar-refractivity contribution in [2.24, 2.45) is 5.92 Å². The lowest BCUT2D eigenvalue weighted by Crippen LogP contribution is -2.17. The van der Waals surface area contributed by atoms with Gasteiger partial charge < -0.3 is 15.4 Å². The van der Waals surface area contributed by atoms with Gasteiger partial charge in [0.1, 0.15) is 5.82 Å². The Morgan fingerprint density at radius 1 is 1.16 bits per heavy atom.